The van der Waals surface area contributed by atoms with Crippen molar-refractivity contribution in [2.45, 2.75) is 12.2 Å². The Kier molecular flexibility index (Phi) is 4.52. The van der Waals surface area contributed by atoms with E-state index in [4.69, 9.17) is 16.3 Å². The molecule has 1 amide bonds. The summed E-state index contributed by atoms with van der Waals surface area (Å²) in [5, 5.41) is 5.21. The number of hydrogen-bond donors (Lipinski definition) is 2. The second-order valence-electron chi connectivity index (χ2n) is 4.30. The van der Waals surface area contributed by atoms with Crippen LogP contribution in [0.25, 0.3) is 0 Å². The largest absolute Gasteiger partial charge is 0.416 e. The topological polar surface area (TPSA) is 50.4 Å². The van der Waals surface area contributed by atoms with Crippen LogP contribution >= 0.6 is 11.6 Å². The van der Waals surface area contributed by atoms with Gasteiger partial charge in [-0.25, -0.2) is 0 Å². The molecule has 1 aromatic rings. The highest BCUT2D eigenvalue weighted by Crippen LogP contribution is 2.33. The van der Waals surface area contributed by atoms with Crippen LogP contribution in [0.1, 0.15) is 5.56 Å². The lowest BCUT2D eigenvalue weighted by Gasteiger charge is -2.23. The molecule has 1 fully saturated rings. The van der Waals surface area contributed by atoms with Gasteiger partial charge in [0.05, 0.1) is 18.8 Å². The van der Waals surface area contributed by atoms with Gasteiger partial charge in [-0.05, 0) is 18.2 Å². The molecule has 1 aliphatic heterocycles. The van der Waals surface area contributed by atoms with Crippen molar-refractivity contribution >= 4 is 23.2 Å². The van der Waals surface area contributed by atoms with Crippen LogP contribution in [0.5, 0.6) is 0 Å². The predicted octanol–water partition coefficient (Wildman–Crippen LogP) is 2.29. The van der Waals surface area contributed by atoms with Crippen molar-refractivity contribution in [3.63, 3.8) is 0 Å². The normalized spacial score (nSPS) is 19.7. The Morgan fingerprint density at radius 2 is 2.15 bits per heavy atom. The van der Waals surface area contributed by atoms with E-state index < -0.39 is 23.7 Å². The lowest BCUT2D eigenvalue weighted by Crippen LogP contribution is -2.48. The van der Waals surface area contributed by atoms with Gasteiger partial charge >= 0.3 is 6.18 Å². The maximum atomic E-state index is 12.6. The van der Waals surface area contributed by atoms with Gasteiger partial charge in [0, 0.05) is 17.3 Å². The molecule has 1 aliphatic rings. The van der Waals surface area contributed by atoms with E-state index in [0.717, 1.165) is 12.1 Å². The molecule has 8 heteroatoms. The number of nitrogens with one attached hydrogen (secondary N) is 2. The molecule has 0 bridgehead atoms. The smallest absolute Gasteiger partial charge is 0.378 e. The van der Waals surface area contributed by atoms with Crippen LogP contribution in [0.3, 0.4) is 0 Å². The van der Waals surface area contributed by atoms with Gasteiger partial charge in [-0.2, -0.15) is 13.2 Å². The summed E-state index contributed by atoms with van der Waals surface area (Å²) < 4.78 is 43.0. The molecule has 2 N–H and O–H groups in total. The summed E-state index contributed by atoms with van der Waals surface area (Å²) in [6, 6.07) is 2.32. The third-order valence-electron chi connectivity index (χ3n) is 2.73. The first-order chi connectivity index (χ1) is 9.36. The summed E-state index contributed by atoms with van der Waals surface area (Å²) in [4.78, 5) is 11.9. The number of halogens is 4. The number of carbonyl (C=O) groups excluding carboxylic acids is 1. The average molecular weight is 309 g/mol. The zero-order chi connectivity index (χ0) is 14.8. The Morgan fingerprint density at radius 1 is 1.40 bits per heavy atom. The van der Waals surface area contributed by atoms with Crippen LogP contribution in [-0.2, 0) is 15.7 Å². The van der Waals surface area contributed by atoms with E-state index in [2.05, 4.69) is 10.6 Å². The number of rotatable bonds is 2. The number of carbonyl (C=O) groups is 1. The van der Waals surface area contributed by atoms with Gasteiger partial charge in [-0.1, -0.05) is 11.6 Å². The van der Waals surface area contributed by atoms with E-state index in [9.17, 15) is 18.0 Å². The van der Waals surface area contributed by atoms with Crippen molar-refractivity contribution in [2.75, 3.05) is 25.1 Å². The Hall–Kier alpha value is -1.31. The Morgan fingerprint density at radius 3 is 2.75 bits per heavy atom. The SMILES string of the molecule is O=C(Nc1cc(Cl)cc(C(F)(F)F)c1)C1COCCN1. The van der Waals surface area contributed by atoms with Crippen LogP contribution in [0.4, 0.5) is 18.9 Å². The summed E-state index contributed by atoms with van der Waals surface area (Å²) in [5.41, 5.74) is -0.907. The van der Waals surface area contributed by atoms with E-state index in [1.807, 2.05) is 0 Å². The number of hydrogen-bond acceptors (Lipinski definition) is 3. The molecule has 1 unspecified atom stereocenters. The van der Waals surface area contributed by atoms with Gasteiger partial charge in [0.2, 0.25) is 5.91 Å². The number of anilines is 1. The molecule has 0 aromatic heterocycles. The first-order valence-corrected chi connectivity index (χ1v) is 6.24. The summed E-state index contributed by atoms with van der Waals surface area (Å²) in [6.45, 7) is 1.19. The van der Waals surface area contributed by atoms with E-state index in [1.165, 1.54) is 6.07 Å². The Labute approximate surface area is 118 Å². The molecule has 1 aromatic carbocycles. The molecule has 1 saturated heterocycles. The first-order valence-electron chi connectivity index (χ1n) is 5.86. The summed E-state index contributed by atoms with van der Waals surface area (Å²) in [6.07, 6.45) is -4.52. The average Bonchev–Trinajstić information content (AvgIpc) is 2.38. The van der Waals surface area contributed by atoms with E-state index >= 15 is 0 Å². The zero-order valence-electron chi connectivity index (χ0n) is 10.3. The van der Waals surface area contributed by atoms with E-state index in [-0.39, 0.29) is 17.3 Å². The van der Waals surface area contributed by atoms with Crippen molar-refractivity contribution in [1.82, 2.24) is 5.32 Å². The molecule has 1 atom stereocenters. The zero-order valence-corrected chi connectivity index (χ0v) is 11.0. The van der Waals surface area contributed by atoms with Crippen molar-refractivity contribution in [1.29, 1.82) is 0 Å². The number of ether oxygens (including phenoxy) is 1. The second kappa shape index (κ2) is 5.99. The molecular formula is C12H12ClF3N2O2. The van der Waals surface area contributed by atoms with E-state index in [1.54, 1.807) is 0 Å². The molecule has 1 heterocycles. The molecular weight excluding hydrogens is 297 g/mol. The van der Waals surface area contributed by atoms with Crippen molar-refractivity contribution in [3.05, 3.63) is 28.8 Å². The fourth-order valence-corrected chi connectivity index (χ4v) is 2.02. The van der Waals surface area contributed by atoms with Crippen LogP contribution in [-0.4, -0.2) is 31.7 Å². The first kappa shape index (κ1) is 15.1. The monoisotopic (exact) mass is 308 g/mol. The summed E-state index contributed by atoms with van der Waals surface area (Å²) >= 11 is 5.63. The van der Waals surface area contributed by atoms with Gasteiger partial charge in [0.25, 0.3) is 0 Å². The van der Waals surface area contributed by atoms with Crippen LogP contribution in [0.2, 0.25) is 5.02 Å². The molecule has 4 nitrogen and oxygen atoms in total. The molecule has 0 spiro atoms. The molecule has 0 radical (unpaired) electrons. The van der Waals surface area contributed by atoms with Gasteiger partial charge in [-0.15, -0.1) is 0 Å². The summed E-state index contributed by atoms with van der Waals surface area (Å²) in [7, 11) is 0. The lowest BCUT2D eigenvalue weighted by molar-refractivity contribution is -0.137. The molecule has 0 aliphatic carbocycles. The van der Waals surface area contributed by atoms with Crippen molar-refractivity contribution < 1.29 is 22.7 Å². The molecule has 0 saturated carbocycles. The Bertz CT molecular complexity index is 502. The maximum Gasteiger partial charge on any atom is 0.416 e. The molecule has 110 valence electrons. The Balaban J connectivity index is 2.12. The highest BCUT2D eigenvalue weighted by atomic mass is 35.5. The van der Waals surface area contributed by atoms with Crippen LogP contribution in [0, 0.1) is 0 Å². The predicted molar refractivity (Wildman–Crippen MR) is 67.7 cm³/mol. The lowest BCUT2D eigenvalue weighted by atomic mass is 10.2. The third-order valence-corrected chi connectivity index (χ3v) is 2.95. The fourth-order valence-electron chi connectivity index (χ4n) is 1.79. The van der Waals surface area contributed by atoms with Crippen molar-refractivity contribution in [3.8, 4) is 0 Å². The van der Waals surface area contributed by atoms with Crippen LogP contribution < -0.4 is 10.6 Å². The minimum atomic E-state index is -4.52. The van der Waals surface area contributed by atoms with Gasteiger partial charge in [-0.3, -0.25) is 4.79 Å². The highest BCUT2D eigenvalue weighted by Gasteiger charge is 2.31. The van der Waals surface area contributed by atoms with Gasteiger partial charge < -0.3 is 15.4 Å². The molecule has 2 rings (SSSR count). The highest BCUT2D eigenvalue weighted by molar-refractivity contribution is 6.31. The third kappa shape index (κ3) is 3.84. The van der Waals surface area contributed by atoms with E-state index in [0.29, 0.717) is 13.2 Å². The number of amides is 1. The van der Waals surface area contributed by atoms with Crippen LogP contribution in [0.15, 0.2) is 18.2 Å². The maximum absolute atomic E-state index is 12.6. The minimum absolute atomic E-state index is 0.00204. The quantitative estimate of drug-likeness (QED) is 0.881. The standard InChI is InChI=1S/C12H12ClF3N2O2/c13-8-3-7(12(14,15)16)4-9(5-8)18-11(19)10-6-20-2-1-17-10/h3-5,10,17H,1-2,6H2,(H,18,19). The number of benzene rings is 1. The number of alkyl halides is 3. The summed E-state index contributed by atoms with van der Waals surface area (Å²) in [5.74, 6) is -0.458. The number of morpholine rings is 1. The van der Waals surface area contributed by atoms with Gasteiger partial charge in [0.1, 0.15) is 6.04 Å². The molecule has 20 heavy (non-hydrogen) atoms. The minimum Gasteiger partial charge on any atom is -0.378 e. The van der Waals surface area contributed by atoms with Crippen molar-refractivity contribution in [2.24, 2.45) is 0 Å². The fraction of sp³-hybridized carbons (Fsp3) is 0.417. The second-order valence-corrected chi connectivity index (χ2v) is 4.73. The van der Waals surface area contributed by atoms with Gasteiger partial charge in [0.15, 0.2) is 0 Å².